The van der Waals surface area contributed by atoms with Crippen LogP contribution in [0, 0.1) is 5.92 Å². The molecule has 0 saturated heterocycles. The van der Waals surface area contributed by atoms with Gasteiger partial charge in [0.1, 0.15) is 12.4 Å². The highest BCUT2D eigenvalue weighted by Crippen LogP contribution is 2.14. The van der Waals surface area contributed by atoms with Gasteiger partial charge in [-0.3, -0.25) is 4.79 Å². The van der Waals surface area contributed by atoms with Gasteiger partial charge in [-0.2, -0.15) is 0 Å². The van der Waals surface area contributed by atoms with Gasteiger partial charge in [0, 0.05) is 12.8 Å². The van der Waals surface area contributed by atoms with Crippen LogP contribution in [0.3, 0.4) is 0 Å². The summed E-state index contributed by atoms with van der Waals surface area (Å²) in [6.07, 6.45) is 4.91. The average Bonchev–Trinajstić information content (AvgIpc) is 2.20. The smallest absolute Gasteiger partial charge is 0.303 e. The fraction of sp³-hybridized carbons (Fsp3) is 0.636. The van der Waals surface area contributed by atoms with Gasteiger partial charge in [-0.25, -0.2) is 0 Å². The first-order valence-corrected chi connectivity index (χ1v) is 5.04. The minimum Gasteiger partial charge on any atom is -0.456 e. The van der Waals surface area contributed by atoms with Crippen molar-refractivity contribution in [2.24, 2.45) is 5.92 Å². The van der Waals surface area contributed by atoms with Gasteiger partial charge in [0.05, 0.1) is 12.7 Å². The predicted molar refractivity (Wildman–Crippen MR) is 54.3 cm³/mol. The molecule has 1 rings (SSSR count). The summed E-state index contributed by atoms with van der Waals surface area (Å²) in [6, 6.07) is 0. The molecule has 0 amide bonds. The molecule has 0 bridgehead atoms. The van der Waals surface area contributed by atoms with Crippen molar-refractivity contribution in [2.75, 3.05) is 6.61 Å². The highest BCUT2D eigenvalue weighted by Gasteiger charge is 2.19. The van der Waals surface area contributed by atoms with Crippen LogP contribution < -0.4 is 0 Å². The van der Waals surface area contributed by atoms with Crippen LogP contribution in [0.25, 0.3) is 0 Å². The zero-order valence-electron chi connectivity index (χ0n) is 9.01. The van der Waals surface area contributed by atoms with Crippen molar-refractivity contribution in [1.29, 1.82) is 0 Å². The Kier molecular flexibility index (Phi) is 4.49. The highest BCUT2D eigenvalue weighted by atomic mass is 16.6. The van der Waals surface area contributed by atoms with Gasteiger partial charge in [-0.1, -0.05) is 13.0 Å². The first-order valence-electron chi connectivity index (χ1n) is 5.04. The third-order valence-electron chi connectivity index (χ3n) is 2.17. The molecule has 1 heterocycles. The third-order valence-corrected chi connectivity index (χ3v) is 2.17. The molecule has 0 aromatic heterocycles. The fourth-order valence-corrected chi connectivity index (χ4v) is 1.43. The van der Waals surface area contributed by atoms with Crippen molar-refractivity contribution < 1.29 is 19.1 Å². The quantitative estimate of drug-likeness (QED) is 0.398. The first-order chi connectivity index (χ1) is 7.11. The van der Waals surface area contributed by atoms with E-state index in [-0.39, 0.29) is 24.1 Å². The molecule has 15 heavy (non-hydrogen) atoms. The Morgan fingerprint density at radius 2 is 2.40 bits per heavy atom. The molecule has 84 valence electrons. The second kappa shape index (κ2) is 5.66. The number of ether oxygens (including phenoxy) is 2. The Morgan fingerprint density at radius 1 is 1.67 bits per heavy atom. The zero-order valence-corrected chi connectivity index (χ0v) is 9.01. The van der Waals surface area contributed by atoms with E-state index in [1.165, 1.54) is 6.92 Å². The van der Waals surface area contributed by atoms with E-state index in [2.05, 4.69) is 0 Å². The number of esters is 1. The standard InChI is InChI=1S/C11H16O4/c1-8(6-12)5-10-3-4-11(7-14-10)15-9(2)13/h3-4,6,8,10-11H,5,7H2,1-2H3/t8-,10-,11-/m1/s1. The van der Waals surface area contributed by atoms with Crippen LogP contribution in [-0.4, -0.2) is 31.1 Å². The Bertz CT molecular complexity index is 259. The molecule has 0 spiro atoms. The normalized spacial score (nSPS) is 27.1. The summed E-state index contributed by atoms with van der Waals surface area (Å²) in [6.45, 7) is 3.59. The molecule has 3 atom stereocenters. The van der Waals surface area contributed by atoms with Crippen LogP contribution in [0.15, 0.2) is 12.2 Å². The van der Waals surface area contributed by atoms with Gasteiger partial charge in [0.2, 0.25) is 0 Å². The number of hydrogen-bond donors (Lipinski definition) is 0. The topological polar surface area (TPSA) is 52.6 Å². The molecule has 0 aliphatic carbocycles. The number of carbonyl (C=O) groups excluding carboxylic acids is 2. The van der Waals surface area contributed by atoms with Crippen molar-refractivity contribution in [2.45, 2.75) is 32.5 Å². The van der Waals surface area contributed by atoms with Crippen molar-refractivity contribution >= 4 is 12.3 Å². The Hall–Kier alpha value is -1.16. The van der Waals surface area contributed by atoms with Crippen LogP contribution in [-0.2, 0) is 19.1 Å². The van der Waals surface area contributed by atoms with Gasteiger partial charge < -0.3 is 14.3 Å². The average molecular weight is 212 g/mol. The van der Waals surface area contributed by atoms with Crippen molar-refractivity contribution in [3.8, 4) is 0 Å². The molecular formula is C11H16O4. The molecule has 4 heteroatoms. The van der Waals surface area contributed by atoms with E-state index in [1.54, 1.807) is 0 Å². The summed E-state index contributed by atoms with van der Waals surface area (Å²) < 4.78 is 10.4. The lowest BCUT2D eigenvalue weighted by Crippen LogP contribution is -2.29. The maximum absolute atomic E-state index is 10.7. The monoisotopic (exact) mass is 212 g/mol. The summed E-state index contributed by atoms with van der Waals surface area (Å²) in [5.74, 6) is -0.321. The molecule has 0 unspecified atom stereocenters. The molecule has 0 radical (unpaired) electrons. The second-order valence-corrected chi connectivity index (χ2v) is 3.75. The lowest BCUT2D eigenvalue weighted by molar-refractivity contribution is -0.148. The van der Waals surface area contributed by atoms with Crippen molar-refractivity contribution in [1.82, 2.24) is 0 Å². The minimum absolute atomic E-state index is 0.00933. The Morgan fingerprint density at radius 3 is 2.87 bits per heavy atom. The maximum Gasteiger partial charge on any atom is 0.303 e. The predicted octanol–water partition coefficient (Wildman–Crippen LogP) is 1.10. The number of rotatable bonds is 4. The molecule has 1 aliphatic heterocycles. The number of hydrogen-bond acceptors (Lipinski definition) is 4. The molecule has 0 N–H and O–H groups in total. The summed E-state index contributed by atoms with van der Waals surface area (Å²) in [5.41, 5.74) is 0. The van der Waals surface area contributed by atoms with Crippen LogP contribution in [0.5, 0.6) is 0 Å². The van der Waals surface area contributed by atoms with E-state index in [1.807, 2.05) is 19.1 Å². The van der Waals surface area contributed by atoms with E-state index in [0.717, 1.165) is 6.29 Å². The molecule has 0 aromatic carbocycles. The number of carbonyl (C=O) groups is 2. The lowest BCUT2D eigenvalue weighted by Gasteiger charge is -2.24. The third kappa shape index (κ3) is 4.25. The van der Waals surface area contributed by atoms with E-state index < -0.39 is 0 Å². The van der Waals surface area contributed by atoms with Crippen molar-refractivity contribution in [3.63, 3.8) is 0 Å². The zero-order chi connectivity index (χ0) is 11.3. The van der Waals surface area contributed by atoms with Crippen molar-refractivity contribution in [3.05, 3.63) is 12.2 Å². The number of aldehydes is 1. The summed E-state index contributed by atoms with van der Waals surface area (Å²) >= 11 is 0. The lowest BCUT2D eigenvalue weighted by atomic mass is 10.0. The minimum atomic E-state index is -0.312. The van der Waals surface area contributed by atoms with Crippen LogP contribution in [0.1, 0.15) is 20.3 Å². The van der Waals surface area contributed by atoms with Crippen LogP contribution in [0.4, 0.5) is 0 Å². The molecule has 4 nitrogen and oxygen atoms in total. The molecule has 0 fully saturated rings. The first kappa shape index (κ1) is 11.9. The molecule has 0 saturated carbocycles. The van der Waals surface area contributed by atoms with E-state index in [0.29, 0.717) is 13.0 Å². The summed E-state index contributed by atoms with van der Waals surface area (Å²) in [5, 5.41) is 0. The summed E-state index contributed by atoms with van der Waals surface area (Å²) in [4.78, 5) is 21.1. The van der Waals surface area contributed by atoms with Gasteiger partial charge in [0.15, 0.2) is 0 Å². The molecule has 0 aromatic rings. The van der Waals surface area contributed by atoms with E-state index in [4.69, 9.17) is 9.47 Å². The molecule has 1 aliphatic rings. The SMILES string of the molecule is CC(=O)O[C@@H]1C=C[C@H](C[C@@H](C)C=O)OC1. The van der Waals surface area contributed by atoms with Gasteiger partial charge in [-0.05, 0) is 12.5 Å². The van der Waals surface area contributed by atoms with Gasteiger partial charge >= 0.3 is 5.97 Å². The largest absolute Gasteiger partial charge is 0.456 e. The van der Waals surface area contributed by atoms with Gasteiger partial charge in [0.25, 0.3) is 0 Å². The Labute approximate surface area is 89.2 Å². The van der Waals surface area contributed by atoms with E-state index >= 15 is 0 Å². The highest BCUT2D eigenvalue weighted by molar-refractivity contribution is 5.66. The van der Waals surface area contributed by atoms with E-state index in [9.17, 15) is 9.59 Å². The summed E-state index contributed by atoms with van der Waals surface area (Å²) in [7, 11) is 0. The maximum atomic E-state index is 10.7. The van der Waals surface area contributed by atoms with Crippen LogP contribution in [0.2, 0.25) is 0 Å². The Balaban J connectivity index is 2.37. The second-order valence-electron chi connectivity index (χ2n) is 3.75. The van der Waals surface area contributed by atoms with Crippen LogP contribution >= 0.6 is 0 Å². The fourth-order valence-electron chi connectivity index (χ4n) is 1.43. The molecular weight excluding hydrogens is 196 g/mol. The van der Waals surface area contributed by atoms with Gasteiger partial charge in [-0.15, -0.1) is 0 Å².